The molecule has 0 bridgehead atoms. The molecule has 3 rings (SSSR count). The molecule has 0 fully saturated rings. The largest absolute Gasteiger partial charge is 0.348 e. The number of aromatic amines is 2. The topological polar surface area (TPSA) is 77.7 Å². The van der Waals surface area contributed by atoms with Gasteiger partial charge in [-0.15, -0.1) is 0 Å². The van der Waals surface area contributed by atoms with Crippen molar-refractivity contribution in [2.75, 3.05) is 6.54 Å². The van der Waals surface area contributed by atoms with E-state index >= 15 is 0 Å². The summed E-state index contributed by atoms with van der Waals surface area (Å²) >= 11 is 0. The van der Waals surface area contributed by atoms with E-state index in [1.54, 1.807) is 6.33 Å². The number of rotatable bonds is 2. The van der Waals surface area contributed by atoms with Crippen LogP contribution < -0.4 is 0 Å². The van der Waals surface area contributed by atoms with Crippen molar-refractivity contribution in [3.05, 3.63) is 34.7 Å². The number of imidazole rings is 1. The number of amides is 1. The molecule has 0 aromatic carbocycles. The molecular formula is C13H17N5O. The number of aromatic nitrogens is 4. The van der Waals surface area contributed by atoms with Gasteiger partial charge in [0.25, 0.3) is 0 Å². The number of carbonyl (C=O) groups excluding carboxylic acids is 1. The Morgan fingerprint density at radius 3 is 3.00 bits per heavy atom. The number of aryl methyl sites for hydroxylation is 2. The molecule has 0 unspecified atom stereocenters. The van der Waals surface area contributed by atoms with E-state index in [1.807, 2.05) is 18.7 Å². The van der Waals surface area contributed by atoms with Gasteiger partial charge in [-0.3, -0.25) is 9.89 Å². The van der Waals surface area contributed by atoms with Crippen LogP contribution in [0.4, 0.5) is 0 Å². The maximum atomic E-state index is 12.3. The van der Waals surface area contributed by atoms with E-state index in [-0.39, 0.29) is 5.91 Å². The summed E-state index contributed by atoms with van der Waals surface area (Å²) in [5.74, 6) is 0.126. The average Bonchev–Trinajstić information content (AvgIpc) is 2.97. The second-order valence-corrected chi connectivity index (χ2v) is 4.99. The first-order valence-electron chi connectivity index (χ1n) is 6.44. The Hall–Kier alpha value is -2.11. The molecule has 0 aliphatic carbocycles. The summed E-state index contributed by atoms with van der Waals surface area (Å²) in [5, 5.41) is 7.25. The van der Waals surface area contributed by atoms with Crippen LogP contribution in [0.15, 0.2) is 6.33 Å². The van der Waals surface area contributed by atoms with Crippen LogP contribution in [0.3, 0.4) is 0 Å². The van der Waals surface area contributed by atoms with E-state index in [0.717, 1.165) is 35.7 Å². The van der Waals surface area contributed by atoms with Gasteiger partial charge in [-0.25, -0.2) is 4.98 Å². The van der Waals surface area contributed by atoms with E-state index in [1.165, 1.54) is 5.56 Å². The van der Waals surface area contributed by atoms with Gasteiger partial charge < -0.3 is 9.88 Å². The van der Waals surface area contributed by atoms with Gasteiger partial charge in [-0.05, 0) is 13.8 Å². The number of nitrogens with one attached hydrogen (secondary N) is 2. The molecule has 0 radical (unpaired) electrons. The van der Waals surface area contributed by atoms with Crippen molar-refractivity contribution in [1.82, 2.24) is 25.1 Å². The van der Waals surface area contributed by atoms with Crippen molar-refractivity contribution in [2.24, 2.45) is 0 Å². The first kappa shape index (κ1) is 12.0. The number of H-pyrrole nitrogens is 2. The average molecular weight is 259 g/mol. The van der Waals surface area contributed by atoms with Gasteiger partial charge in [0, 0.05) is 36.5 Å². The molecule has 19 heavy (non-hydrogen) atoms. The quantitative estimate of drug-likeness (QED) is 0.840. The first-order chi connectivity index (χ1) is 9.15. The van der Waals surface area contributed by atoms with Gasteiger partial charge in [0.1, 0.15) is 0 Å². The minimum Gasteiger partial charge on any atom is -0.348 e. The van der Waals surface area contributed by atoms with Gasteiger partial charge in [0.15, 0.2) is 0 Å². The molecule has 3 heterocycles. The fraction of sp³-hybridized carbons (Fsp3) is 0.462. The van der Waals surface area contributed by atoms with Crippen LogP contribution in [-0.2, 0) is 24.2 Å². The highest BCUT2D eigenvalue weighted by Crippen LogP contribution is 2.20. The van der Waals surface area contributed by atoms with Crippen LogP contribution in [0.2, 0.25) is 0 Å². The highest BCUT2D eigenvalue weighted by atomic mass is 16.2. The molecule has 2 N–H and O–H groups in total. The van der Waals surface area contributed by atoms with Gasteiger partial charge >= 0.3 is 0 Å². The van der Waals surface area contributed by atoms with Crippen molar-refractivity contribution in [2.45, 2.75) is 33.2 Å². The van der Waals surface area contributed by atoms with E-state index in [9.17, 15) is 4.79 Å². The van der Waals surface area contributed by atoms with Crippen molar-refractivity contribution in [1.29, 1.82) is 0 Å². The highest BCUT2D eigenvalue weighted by molar-refractivity contribution is 5.78. The Kier molecular flexibility index (Phi) is 2.85. The minimum absolute atomic E-state index is 0.126. The number of fused-ring (bicyclic) bond motifs is 1. The lowest BCUT2D eigenvalue weighted by atomic mass is 10.1. The third-order valence-corrected chi connectivity index (χ3v) is 3.73. The molecule has 2 aromatic heterocycles. The smallest absolute Gasteiger partial charge is 0.228 e. The molecule has 6 nitrogen and oxygen atoms in total. The maximum Gasteiger partial charge on any atom is 0.228 e. The molecule has 100 valence electrons. The Balaban J connectivity index is 1.73. The molecule has 1 amide bonds. The molecule has 2 aromatic rings. The van der Waals surface area contributed by atoms with Crippen molar-refractivity contribution in [3.63, 3.8) is 0 Å². The fourth-order valence-corrected chi connectivity index (χ4v) is 2.46. The van der Waals surface area contributed by atoms with E-state index in [2.05, 4.69) is 20.2 Å². The Morgan fingerprint density at radius 1 is 1.42 bits per heavy atom. The molecule has 1 aliphatic rings. The van der Waals surface area contributed by atoms with Crippen LogP contribution in [0.1, 0.15) is 28.3 Å². The lowest BCUT2D eigenvalue weighted by Crippen LogP contribution is -2.37. The SMILES string of the molecule is Cc1[nH]cnc1CC(=O)N1CCc2n[nH]c(C)c2C1. The fourth-order valence-electron chi connectivity index (χ4n) is 2.46. The predicted molar refractivity (Wildman–Crippen MR) is 69.5 cm³/mol. The Bertz CT molecular complexity index is 612. The van der Waals surface area contributed by atoms with Crippen molar-refractivity contribution >= 4 is 5.91 Å². The summed E-state index contributed by atoms with van der Waals surface area (Å²) in [6.07, 6.45) is 2.82. The van der Waals surface area contributed by atoms with Gasteiger partial charge in [-0.2, -0.15) is 5.10 Å². The highest BCUT2D eigenvalue weighted by Gasteiger charge is 2.24. The van der Waals surface area contributed by atoms with Crippen molar-refractivity contribution < 1.29 is 4.79 Å². The monoisotopic (exact) mass is 259 g/mol. The number of hydrogen-bond acceptors (Lipinski definition) is 3. The molecule has 1 aliphatic heterocycles. The summed E-state index contributed by atoms with van der Waals surface area (Å²) < 4.78 is 0. The lowest BCUT2D eigenvalue weighted by Gasteiger charge is -2.26. The van der Waals surface area contributed by atoms with Gasteiger partial charge in [0.05, 0.1) is 24.1 Å². The summed E-state index contributed by atoms with van der Waals surface area (Å²) in [6.45, 7) is 5.32. The molecule has 0 saturated carbocycles. The zero-order valence-electron chi connectivity index (χ0n) is 11.2. The molecule has 0 saturated heterocycles. The Morgan fingerprint density at radius 2 is 2.26 bits per heavy atom. The van der Waals surface area contributed by atoms with E-state index in [4.69, 9.17) is 0 Å². The molecular weight excluding hydrogens is 242 g/mol. The zero-order chi connectivity index (χ0) is 13.4. The van der Waals surface area contributed by atoms with Crippen LogP contribution in [0.5, 0.6) is 0 Å². The molecule has 0 atom stereocenters. The summed E-state index contributed by atoms with van der Waals surface area (Å²) in [5.41, 5.74) is 5.12. The number of nitrogens with zero attached hydrogens (tertiary/aromatic N) is 3. The summed E-state index contributed by atoms with van der Waals surface area (Å²) in [7, 11) is 0. The third-order valence-electron chi connectivity index (χ3n) is 3.73. The molecule has 6 heteroatoms. The number of hydrogen-bond donors (Lipinski definition) is 2. The third kappa shape index (κ3) is 2.14. The van der Waals surface area contributed by atoms with Crippen LogP contribution in [0, 0.1) is 13.8 Å². The second-order valence-electron chi connectivity index (χ2n) is 4.99. The maximum absolute atomic E-state index is 12.3. The van der Waals surface area contributed by atoms with Gasteiger partial charge in [0.2, 0.25) is 5.91 Å². The normalized spacial score (nSPS) is 14.5. The predicted octanol–water partition coefficient (Wildman–Crippen LogP) is 0.877. The zero-order valence-corrected chi connectivity index (χ0v) is 11.2. The van der Waals surface area contributed by atoms with Crippen LogP contribution >= 0.6 is 0 Å². The van der Waals surface area contributed by atoms with Gasteiger partial charge in [-0.1, -0.05) is 0 Å². The van der Waals surface area contributed by atoms with Crippen LogP contribution in [0.25, 0.3) is 0 Å². The summed E-state index contributed by atoms with van der Waals surface area (Å²) in [4.78, 5) is 21.4. The van der Waals surface area contributed by atoms with E-state index in [0.29, 0.717) is 13.0 Å². The second kappa shape index (κ2) is 4.53. The Labute approximate surface area is 111 Å². The molecule has 0 spiro atoms. The number of carbonyl (C=O) groups is 1. The first-order valence-corrected chi connectivity index (χ1v) is 6.44. The van der Waals surface area contributed by atoms with Crippen LogP contribution in [-0.4, -0.2) is 37.5 Å². The minimum atomic E-state index is 0.126. The summed E-state index contributed by atoms with van der Waals surface area (Å²) in [6, 6.07) is 0. The standard InChI is InChI=1S/C13H17N5O/c1-8-10-6-18(4-3-11(10)17-16-8)13(19)5-12-9(2)14-7-15-12/h7H,3-6H2,1-2H3,(H,14,15)(H,16,17). The van der Waals surface area contributed by atoms with E-state index < -0.39 is 0 Å². The lowest BCUT2D eigenvalue weighted by molar-refractivity contribution is -0.131. The van der Waals surface area contributed by atoms with Crippen molar-refractivity contribution in [3.8, 4) is 0 Å².